The fourth-order valence-corrected chi connectivity index (χ4v) is 3.81. The highest BCUT2D eigenvalue weighted by Crippen LogP contribution is 2.36. The minimum absolute atomic E-state index is 0.436. The molecular weight excluding hydrogens is 238 g/mol. The Morgan fingerprint density at radius 2 is 1.95 bits per heavy atom. The Kier molecular flexibility index (Phi) is 3.84. The zero-order chi connectivity index (χ0) is 13.1. The van der Waals surface area contributed by atoms with Crippen molar-refractivity contribution in [2.45, 2.75) is 44.2 Å². The molecule has 1 aliphatic heterocycles. The maximum Gasteiger partial charge on any atom is 0.137 e. The summed E-state index contributed by atoms with van der Waals surface area (Å²) in [4.78, 5) is 9.27. The van der Waals surface area contributed by atoms with Gasteiger partial charge < -0.3 is 4.90 Å². The van der Waals surface area contributed by atoms with Crippen LogP contribution in [-0.4, -0.2) is 63.3 Å². The number of piperazine rings is 1. The lowest BCUT2D eigenvalue weighted by Crippen LogP contribution is -2.62. The SMILES string of the molecule is CN1CCN(CCn2cncn2)C2(CCCCC2)C1. The van der Waals surface area contributed by atoms with Crippen molar-refractivity contribution in [1.82, 2.24) is 24.6 Å². The molecule has 1 saturated carbocycles. The summed E-state index contributed by atoms with van der Waals surface area (Å²) in [5, 5.41) is 4.22. The van der Waals surface area contributed by atoms with Crippen LogP contribution in [0.1, 0.15) is 32.1 Å². The molecule has 1 spiro atoms. The van der Waals surface area contributed by atoms with E-state index in [4.69, 9.17) is 0 Å². The Labute approximate surface area is 115 Å². The molecule has 0 aromatic carbocycles. The smallest absolute Gasteiger partial charge is 0.137 e. The standard InChI is InChI=1S/C14H25N5/c1-17-7-8-18(9-10-19-13-15-12-16-19)14(11-17)5-3-2-4-6-14/h12-13H,2-11H2,1H3. The number of aromatic nitrogens is 3. The molecule has 5 heteroatoms. The van der Waals surface area contributed by atoms with Gasteiger partial charge in [0, 0.05) is 31.7 Å². The summed E-state index contributed by atoms with van der Waals surface area (Å²) in [5.41, 5.74) is 0.436. The van der Waals surface area contributed by atoms with E-state index in [1.165, 1.54) is 51.7 Å². The maximum atomic E-state index is 4.22. The van der Waals surface area contributed by atoms with Crippen LogP contribution < -0.4 is 0 Å². The molecule has 1 aliphatic carbocycles. The zero-order valence-electron chi connectivity index (χ0n) is 12.0. The van der Waals surface area contributed by atoms with Crippen molar-refractivity contribution in [3.8, 4) is 0 Å². The maximum absolute atomic E-state index is 4.22. The van der Waals surface area contributed by atoms with Crippen molar-refractivity contribution >= 4 is 0 Å². The Hall–Kier alpha value is -0.940. The fourth-order valence-electron chi connectivity index (χ4n) is 3.81. The lowest BCUT2D eigenvalue weighted by atomic mass is 9.78. The molecular formula is C14H25N5. The largest absolute Gasteiger partial charge is 0.303 e. The van der Waals surface area contributed by atoms with E-state index in [1.54, 1.807) is 6.33 Å². The first-order valence-electron chi connectivity index (χ1n) is 7.55. The van der Waals surface area contributed by atoms with Crippen molar-refractivity contribution in [3.63, 3.8) is 0 Å². The van der Waals surface area contributed by atoms with Crippen molar-refractivity contribution in [3.05, 3.63) is 12.7 Å². The highest BCUT2D eigenvalue weighted by Gasteiger charge is 2.40. The molecule has 0 bridgehead atoms. The Bertz CT molecular complexity index is 383. The summed E-state index contributed by atoms with van der Waals surface area (Å²) in [6.07, 6.45) is 10.4. The first kappa shape index (κ1) is 13.1. The first-order chi connectivity index (χ1) is 9.28. The van der Waals surface area contributed by atoms with E-state index >= 15 is 0 Å². The topological polar surface area (TPSA) is 37.2 Å². The molecule has 1 aromatic heterocycles. The predicted molar refractivity (Wildman–Crippen MR) is 74.9 cm³/mol. The van der Waals surface area contributed by atoms with Crippen LogP contribution in [0.3, 0.4) is 0 Å². The van der Waals surface area contributed by atoms with Gasteiger partial charge in [-0.1, -0.05) is 19.3 Å². The number of hydrogen-bond donors (Lipinski definition) is 0. The van der Waals surface area contributed by atoms with Gasteiger partial charge in [-0.25, -0.2) is 4.98 Å². The van der Waals surface area contributed by atoms with Gasteiger partial charge in [0.05, 0.1) is 6.54 Å². The van der Waals surface area contributed by atoms with Crippen LogP contribution in [0, 0.1) is 0 Å². The average molecular weight is 263 g/mol. The van der Waals surface area contributed by atoms with Crippen LogP contribution in [0.2, 0.25) is 0 Å². The molecule has 1 saturated heterocycles. The minimum atomic E-state index is 0.436. The van der Waals surface area contributed by atoms with Crippen LogP contribution in [0.25, 0.3) is 0 Å². The van der Waals surface area contributed by atoms with Gasteiger partial charge in [0.1, 0.15) is 12.7 Å². The van der Waals surface area contributed by atoms with Crippen molar-refractivity contribution in [1.29, 1.82) is 0 Å². The third-order valence-electron chi connectivity index (χ3n) is 4.84. The van der Waals surface area contributed by atoms with E-state index < -0.39 is 0 Å². The van der Waals surface area contributed by atoms with Crippen LogP contribution in [-0.2, 0) is 6.54 Å². The molecule has 5 nitrogen and oxygen atoms in total. The summed E-state index contributed by atoms with van der Waals surface area (Å²) in [6, 6.07) is 0. The first-order valence-corrected chi connectivity index (χ1v) is 7.55. The summed E-state index contributed by atoms with van der Waals surface area (Å²) < 4.78 is 1.95. The summed E-state index contributed by atoms with van der Waals surface area (Å²) in [5.74, 6) is 0. The second-order valence-electron chi connectivity index (χ2n) is 6.17. The molecule has 2 aliphatic rings. The Morgan fingerprint density at radius 3 is 2.68 bits per heavy atom. The van der Waals surface area contributed by atoms with Crippen LogP contribution in [0.5, 0.6) is 0 Å². The number of likely N-dealkylation sites (N-methyl/N-ethyl adjacent to an activating group) is 1. The van der Waals surface area contributed by atoms with Crippen molar-refractivity contribution < 1.29 is 0 Å². The molecule has 2 heterocycles. The molecule has 0 radical (unpaired) electrons. The van der Waals surface area contributed by atoms with Gasteiger partial charge in [0.25, 0.3) is 0 Å². The second-order valence-corrected chi connectivity index (χ2v) is 6.17. The molecule has 19 heavy (non-hydrogen) atoms. The van der Waals surface area contributed by atoms with Gasteiger partial charge in [-0.15, -0.1) is 0 Å². The van der Waals surface area contributed by atoms with E-state index in [0.29, 0.717) is 5.54 Å². The van der Waals surface area contributed by atoms with Gasteiger partial charge >= 0.3 is 0 Å². The van der Waals surface area contributed by atoms with E-state index in [-0.39, 0.29) is 0 Å². The van der Waals surface area contributed by atoms with Gasteiger partial charge in [-0.2, -0.15) is 5.10 Å². The van der Waals surface area contributed by atoms with E-state index in [1.807, 2.05) is 11.0 Å². The quantitative estimate of drug-likeness (QED) is 0.822. The van der Waals surface area contributed by atoms with Gasteiger partial charge in [-0.05, 0) is 19.9 Å². The van der Waals surface area contributed by atoms with Gasteiger partial charge in [-0.3, -0.25) is 9.58 Å². The molecule has 2 fully saturated rings. The molecule has 0 unspecified atom stereocenters. The molecule has 1 aromatic rings. The highest BCUT2D eigenvalue weighted by molar-refractivity contribution is 4.98. The normalized spacial score (nSPS) is 24.9. The van der Waals surface area contributed by atoms with Crippen molar-refractivity contribution in [2.24, 2.45) is 0 Å². The number of rotatable bonds is 3. The van der Waals surface area contributed by atoms with E-state index in [2.05, 4.69) is 26.9 Å². The van der Waals surface area contributed by atoms with Crippen LogP contribution in [0.15, 0.2) is 12.7 Å². The molecule has 0 atom stereocenters. The van der Waals surface area contributed by atoms with Gasteiger partial charge in [0.2, 0.25) is 0 Å². The molecule has 0 amide bonds. The molecule has 106 valence electrons. The summed E-state index contributed by atoms with van der Waals surface area (Å²) in [6.45, 7) is 5.71. The van der Waals surface area contributed by atoms with Gasteiger partial charge in [0.15, 0.2) is 0 Å². The fraction of sp³-hybridized carbons (Fsp3) is 0.857. The zero-order valence-corrected chi connectivity index (χ0v) is 12.0. The van der Waals surface area contributed by atoms with E-state index in [0.717, 1.165) is 13.1 Å². The third kappa shape index (κ3) is 2.82. The summed E-state index contributed by atoms with van der Waals surface area (Å²) in [7, 11) is 2.27. The Morgan fingerprint density at radius 1 is 1.11 bits per heavy atom. The Balaban J connectivity index is 1.66. The predicted octanol–water partition coefficient (Wildman–Crippen LogP) is 1.23. The lowest BCUT2D eigenvalue weighted by molar-refractivity contribution is -0.0204. The molecule has 3 rings (SSSR count). The average Bonchev–Trinajstić information content (AvgIpc) is 2.92. The second kappa shape index (κ2) is 5.59. The summed E-state index contributed by atoms with van der Waals surface area (Å²) >= 11 is 0. The highest BCUT2D eigenvalue weighted by atomic mass is 15.4. The van der Waals surface area contributed by atoms with Crippen molar-refractivity contribution in [2.75, 3.05) is 33.2 Å². The number of nitrogens with zero attached hydrogens (tertiary/aromatic N) is 5. The van der Waals surface area contributed by atoms with Crippen LogP contribution >= 0.6 is 0 Å². The lowest BCUT2D eigenvalue weighted by Gasteiger charge is -2.52. The van der Waals surface area contributed by atoms with Crippen LogP contribution in [0.4, 0.5) is 0 Å². The minimum Gasteiger partial charge on any atom is -0.303 e. The third-order valence-corrected chi connectivity index (χ3v) is 4.84. The molecule has 0 N–H and O–H groups in total. The number of hydrogen-bond acceptors (Lipinski definition) is 4. The van der Waals surface area contributed by atoms with E-state index in [9.17, 15) is 0 Å². The monoisotopic (exact) mass is 263 g/mol.